The number of hydrogen-bond acceptors (Lipinski definition) is 4. The number of nitrogens with one attached hydrogen (secondary N) is 2. The van der Waals surface area contributed by atoms with E-state index in [1.165, 1.54) is 22.5 Å². The van der Waals surface area contributed by atoms with E-state index in [1.807, 2.05) is 30.3 Å². The molecule has 3 aromatic rings. The van der Waals surface area contributed by atoms with Crippen molar-refractivity contribution in [3.63, 3.8) is 0 Å². The number of anilines is 1. The molecule has 0 saturated heterocycles. The van der Waals surface area contributed by atoms with E-state index in [9.17, 15) is 9.59 Å². The summed E-state index contributed by atoms with van der Waals surface area (Å²) in [5.74, 6) is -0.249. The maximum absolute atomic E-state index is 13.0. The SMILES string of the molecule is O=C(Nc1sc2c(c1C(=O)NCc1ccccc1)CCCC2)c1ccco1. The molecular formula is C21H20N2O3S. The molecule has 0 atom stereocenters. The van der Waals surface area contributed by atoms with Gasteiger partial charge in [-0.1, -0.05) is 30.3 Å². The van der Waals surface area contributed by atoms with Gasteiger partial charge in [0, 0.05) is 11.4 Å². The third-order valence-corrected chi connectivity index (χ3v) is 5.87. The maximum Gasteiger partial charge on any atom is 0.291 e. The lowest BCUT2D eigenvalue weighted by atomic mass is 9.95. The molecule has 1 aliphatic carbocycles. The molecule has 0 fully saturated rings. The molecule has 27 heavy (non-hydrogen) atoms. The smallest absolute Gasteiger partial charge is 0.291 e. The fourth-order valence-electron chi connectivity index (χ4n) is 3.33. The molecule has 1 aromatic carbocycles. The third kappa shape index (κ3) is 3.80. The molecule has 0 bridgehead atoms. The van der Waals surface area contributed by atoms with Gasteiger partial charge in [-0.25, -0.2) is 0 Å². The van der Waals surface area contributed by atoms with Crippen molar-refractivity contribution in [1.82, 2.24) is 5.32 Å². The van der Waals surface area contributed by atoms with Crippen LogP contribution in [-0.2, 0) is 19.4 Å². The van der Waals surface area contributed by atoms with Crippen LogP contribution in [-0.4, -0.2) is 11.8 Å². The summed E-state index contributed by atoms with van der Waals surface area (Å²) in [6.07, 6.45) is 5.46. The number of rotatable bonds is 5. The highest BCUT2D eigenvalue weighted by atomic mass is 32.1. The zero-order valence-electron chi connectivity index (χ0n) is 14.8. The Balaban J connectivity index is 1.58. The van der Waals surface area contributed by atoms with Crippen molar-refractivity contribution in [1.29, 1.82) is 0 Å². The number of benzene rings is 1. The minimum absolute atomic E-state index is 0.145. The van der Waals surface area contributed by atoms with Crippen LogP contribution in [0.3, 0.4) is 0 Å². The molecule has 2 amide bonds. The predicted octanol–water partition coefficient (Wildman–Crippen LogP) is 4.40. The minimum Gasteiger partial charge on any atom is -0.459 e. The molecule has 4 rings (SSSR count). The average molecular weight is 380 g/mol. The fourth-order valence-corrected chi connectivity index (χ4v) is 4.62. The van der Waals surface area contributed by atoms with Gasteiger partial charge < -0.3 is 15.1 Å². The molecule has 2 aromatic heterocycles. The third-order valence-electron chi connectivity index (χ3n) is 4.67. The van der Waals surface area contributed by atoms with Crippen molar-refractivity contribution in [2.75, 3.05) is 5.32 Å². The van der Waals surface area contributed by atoms with Crippen molar-refractivity contribution in [3.05, 3.63) is 76.1 Å². The minimum atomic E-state index is -0.337. The maximum atomic E-state index is 13.0. The number of aryl methyl sites for hydroxylation is 1. The topological polar surface area (TPSA) is 71.3 Å². The first kappa shape index (κ1) is 17.5. The Morgan fingerprint density at radius 3 is 2.59 bits per heavy atom. The number of amides is 2. The molecule has 0 unspecified atom stereocenters. The van der Waals surface area contributed by atoms with Gasteiger partial charge in [0.15, 0.2) is 5.76 Å². The van der Waals surface area contributed by atoms with Crippen LogP contribution in [0.2, 0.25) is 0 Å². The largest absolute Gasteiger partial charge is 0.459 e. The number of thiophene rings is 1. The second kappa shape index (κ2) is 7.80. The second-order valence-electron chi connectivity index (χ2n) is 6.51. The molecular weight excluding hydrogens is 360 g/mol. The van der Waals surface area contributed by atoms with E-state index in [-0.39, 0.29) is 17.6 Å². The Hall–Kier alpha value is -2.86. The van der Waals surface area contributed by atoms with Gasteiger partial charge in [0.2, 0.25) is 0 Å². The van der Waals surface area contributed by atoms with Gasteiger partial charge >= 0.3 is 0 Å². The summed E-state index contributed by atoms with van der Waals surface area (Å²) >= 11 is 1.50. The van der Waals surface area contributed by atoms with Crippen LogP contribution in [0.25, 0.3) is 0 Å². The summed E-state index contributed by atoms with van der Waals surface area (Å²) in [5, 5.41) is 6.47. The van der Waals surface area contributed by atoms with E-state index in [1.54, 1.807) is 12.1 Å². The van der Waals surface area contributed by atoms with Gasteiger partial charge in [-0.3, -0.25) is 9.59 Å². The second-order valence-corrected chi connectivity index (χ2v) is 7.62. The van der Waals surface area contributed by atoms with Crippen molar-refractivity contribution in [2.24, 2.45) is 0 Å². The van der Waals surface area contributed by atoms with Crippen molar-refractivity contribution in [2.45, 2.75) is 32.2 Å². The normalized spacial score (nSPS) is 13.0. The van der Waals surface area contributed by atoms with E-state index in [0.717, 1.165) is 36.8 Å². The van der Waals surface area contributed by atoms with Gasteiger partial charge in [-0.15, -0.1) is 11.3 Å². The van der Waals surface area contributed by atoms with Gasteiger partial charge in [-0.2, -0.15) is 0 Å². The number of fused-ring (bicyclic) bond motifs is 1. The summed E-state index contributed by atoms with van der Waals surface area (Å²) in [6.45, 7) is 0.454. The van der Waals surface area contributed by atoms with Crippen LogP contribution in [0.4, 0.5) is 5.00 Å². The number of carbonyl (C=O) groups excluding carboxylic acids is 2. The molecule has 0 aliphatic heterocycles. The van der Waals surface area contributed by atoms with Crippen molar-refractivity contribution in [3.8, 4) is 0 Å². The average Bonchev–Trinajstić information content (AvgIpc) is 3.34. The molecule has 2 N–H and O–H groups in total. The molecule has 2 heterocycles. The zero-order chi connectivity index (χ0) is 18.6. The number of hydrogen-bond donors (Lipinski definition) is 2. The summed E-state index contributed by atoms with van der Waals surface area (Å²) in [5.41, 5.74) is 2.72. The van der Waals surface area contributed by atoms with E-state index in [4.69, 9.17) is 4.42 Å². The first-order valence-electron chi connectivity index (χ1n) is 9.04. The van der Waals surface area contributed by atoms with Crippen LogP contribution < -0.4 is 10.6 Å². The van der Waals surface area contributed by atoms with E-state index >= 15 is 0 Å². The highest BCUT2D eigenvalue weighted by molar-refractivity contribution is 7.17. The van der Waals surface area contributed by atoms with Crippen LogP contribution >= 0.6 is 11.3 Å². The van der Waals surface area contributed by atoms with Crippen LogP contribution in [0, 0.1) is 0 Å². The lowest BCUT2D eigenvalue weighted by Crippen LogP contribution is -2.25. The zero-order valence-corrected chi connectivity index (χ0v) is 15.6. The molecule has 0 spiro atoms. The summed E-state index contributed by atoms with van der Waals surface area (Å²) in [7, 11) is 0. The molecule has 0 radical (unpaired) electrons. The quantitative estimate of drug-likeness (QED) is 0.689. The van der Waals surface area contributed by atoms with Crippen LogP contribution in [0.5, 0.6) is 0 Å². The Labute approximate surface area is 161 Å². The number of carbonyl (C=O) groups is 2. The Bertz CT molecular complexity index is 945. The molecule has 5 nitrogen and oxygen atoms in total. The van der Waals surface area contributed by atoms with Gasteiger partial charge in [0.05, 0.1) is 11.8 Å². The highest BCUT2D eigenvalue weighted by Gasteiger charge is 2.26. The van der Waals surface area contributed by atoms with Crippen LogP contribution in [0.1, 0.15) is 49.8 Å². The predicted molar refractivity (Wildman–Crippen MR) is 105 cm³/mol. The standard InChI is InChI=1S/C21H20N2O3S/c24-19(16-10-6-12-26-16)23-21-18(15-9-4-5-11-17(15)27-21)20(25)22-13-14-7-2-1-3-8-14/h1-3,6-8,10,12H,4-5,9,11,13H2,(H,22,25)(H,23,24). The summed E-state index contributed by atoms with van der Waals surface area (Å²) < 4.78 is 5.17. The van der Waals surface area contributed by atoms with Gasteiger partial charge in [-0.05, 0) is 48.9 Å². The molecule has 0 saturated carbocycles. The monoisotopic (exact) mass is 380 g/mol. The Morgan fingerprint density at radius 2 is 1.81 bits per heavy atom. The Kier molecular flexibility index (Phi) is 5.07. The van der Waals surface area contributed by atoms with E-state index in [2.05, 4.69) is 10.6 Å². The lowest BCUT2D eigenvalue weighted by Gasteiger charge is -2.13. The molecule has 1 aliphatic rings. The van der Waals surface area contributed by atoms with E-state index in [0.29, 0.717) is 17.1 Å². The Morgan fingerprint density at radius 1 is 1.00 bits per heavy atom. The van der Waals surface area contributed by atoms with Crippen molar-refractivity contribution >= 4 is 28.2 Å². The number of furan rings is 1. The van der Waals surface area contributed by atoms with Gasteiger partial charge in [0.25, 0.3) is 11.8 Å². The lowest BCUT2D eigenvalue weighted by molar-refractivity contribution is 0.0951. The highest BCUT2D eigenvalue weighted by Crippen LogP contribution is 2.38. The summed E-state index contributed by atoms with van der Waals surface area (Å²) in [6, 6.07) is 13.1. The fraction of sp³-hybridized carbons (Fsp3) is 0.238. The van der Waals surface area contributed by atoms with Crippen molar-refractivity contribution < 1.29 is 14.0 Å². The van der Waals surface area contributed by atoms with Crippen LogP contribution in [0.15, 0.2) is 53.1 Å². The first-order valence-corrected chi connectivity index (χ1v) is 9.85. The molecule has 6 heteroatoms. The summed E-state index contributed by atoms with van der Waals surface area (Å²) in [4.78, 5) is 26.6. The van der Waals surface area contributed by atoms with Gasteiger partial charge in [0.1, 0.15) is 5.00 Å². The van der Waals surface area contributed by atoms with E-state index < -0.39 is 0 Å². The molecule has 138 valence electrons. The first-order chi connectivity index (χ1) is 13.2.